The lowest BCUT2D eigenvalue weighted by atomic mass is 10.2. The molecule has 2 aromatic rings. The van der Waals surface area contributed by atoms with Crippen LogP contribution in [0.4, 0.5) is 0 Å². The highest BCUT2D eigenvalue weighted by atomic mass is 35.5. The van der Waals surface area contributed by atoms with Gasteiger partial charge in [-0.25, -0.2) is 17.9 Å². The molecule has 1 aromatic heterocycles. The summed E-state index contributed by atoms with van der Waals surface area (Å²) in [7, 11) is -3.58. The summed E-state index contributed by atoms with van der Waals surface area (Å²) < 4.78 is 31.4. The Bertz CT molecular complexity index is 843. The monoisotopic (exact) mass is 387 g/mol. The Morgan fingerprint density at radius 1 is 1.17 bits per heavy atom. The predicted octanol–water partition coefficient (Wildman–Crippen LogP) is 2.74. The Labute approximate surface area is 148 Å². The van der Waals surface area contributed by atoms with Crippen molar-refractivity contribution in [2.24, 2.45) is 0 Å². The van der Waals surface area contributed by atoms with Crippen LogP contribution in [0.25, 0.3) is 0 Å². The Morgan fingerprint density at radius 3 is 2.38 bits per heavy atom. The quantitative estimate of drug-likeness (QED) is 0.582. The van der Waals surface area contributed by atoms with Crippen LogP contribution in [-0.4, -0.2) is 33.3 Å². The van der Waals surface area contributed by atoms with E-state index >= 15 is 0 Å². The minimum absolute atomic E-state index is 0.0465. The van der Waals surface area contributed by atoms with Crippen molar-refractivity contribution < 1.29 is 22.7 Å². The van der Waals surface area contributed by atoms with Crippen LogP contribution in [0.5, 0.6) is 0 Å². The molecule has 0 bridgehead atoms. The predicted molar refractivity (Wildman–Crippen MR) is 91.2 cm³/mol. The number of hydrogen-bond donors (Lipinski definition) is 1. The van der Waals surface area contributed by atoms with Crippen LogP contribution >= 0.6 is 22.9 Å². The molecule has 9 heteroatoms. The summed E-state index contributed by atoms with van der Waals surface area (Å²) in [6.45, 7) is 1.52. The van der Waals surface area contributed by atoms with E-state index in [1.54, 1.807) is 19.1 Å². The van der Waals surface area contributed by atoms with Crippen LogP contribution in [0.3, 0.4) is 0 Å². The van der Waals surface area contributed by atoms with E-state index in [0.29, 0.717) is 9.21 Å². The number of benzene rings is 1. The number of Topliss-reactive ketones (excluding diaryl/α,β-unsaturated/α-hetero) is 1. The van der Waals surface area contributed by atoms with Crippen LogP contribution in [0.1, 0.15) is 27.0 Å². The molecule has 1 heterocycles. The van der Waals surface area contributed by atoms with Gasteiger partial charge in [-0.3, -0.25) is 4.79 Å². The zero-order valence-corrected chi connectivity index (χ0v) is 15.0. The third-order valence-corrected chi connectivity index (χ3v) is 5.75. The molecule has 0 spiro atoms. The normalized spacial score (nSPS) is 11.2. The zero-order valence-electron chi connectivity index (χ0n) is 12.6. The third kappa shape index (κ3) is 4.64. The van der Waals surface area contributed by atoms with E-state index in [4.69, 9.17) is 16.3 Å². The molecule has 0 unspecified atom stereocenters. The molecular weight excluding hydrogens is 374 g/mol. The number of ether oxygens (including phenoxy) is 1. The van der Waals surface area contributed by atoms with Gasteiger partial charge in [0, 0.05) is 6.54 Å². The molecule has 0 radical (unpaired) electrons. The summed E-state index contributed by atoms with van der Waals surface area (Å²) >= 11 is 6.84. The van der Waals surface area contributed by atoms with Crippen molar-refractivity contribution in [3.63, 3.8) is 0 Å². The number of hydrogen-bond acceptors (Lipinski definition) is 6. The zero-order chi connectivity index (χ0) is 17.7. The van der Waals surface area contributed by atoms with Crippen LogP contribution in [0, 0.1) is 0 Å². The second-order valence-corrected chi connectivity index (χ2v) is 8.11. The van der Waals surface area contributed by atoms with E-state index in [-0.39, 0.29) is 22.8 Å². The highest BCUT2D eigenvalue weighted by molar-refractivity contribution is 7.89. The molecule has 0 fully saturated rings. The van der Waals surface area contributed by atoms with Gasteiger partial charge in [0.15, 0.2) is 6.61 Å². The van der Waals surface area contributed by atoms with Gasteiger partial charge in [-0.05, 0) is 36.4 Å². The summed E-state index contributed by atoms with van der Waals surface area (Å²) in [6, 6.07) is 8.41. The standard InChI is InChI=1S/C15H14ClNO5S2/c1-2-17-24(20,21)11-5-3-10(4-6-11)15(19)22-9-12(18)13-7-8-14(16)23-13/h3-8,17H,2,9H2,1H3. The topological polar surface area (TPSA) is 89.5 Å². The maximum atomic E-state index is 11.9. The van der Waals surface area contributed by atoms with E-state index in [1.165, 1.54) is 24.3 Å². The number of thiophene rings is 1. The summed E-state index contributed by atoms with van der Waals surface area (Å²) in [5.74, 6) is -1.06. The Hall–Kier alpha value is -1.74. The van der Waals surface area contributed by atoms with E-state index in [1.807, 2.05) is 0 Å². The number of ketones is 1. The largest absolute Gasteiger partial charge is 0.454 e. The van der Waals surface area contributed by atoms with Crippen LogP contribution in [0.2, 0.25) is 4.34 Å². The van der Waals surface area contributed by atoms with Crippen molar-refractivity contribution >= 4 is 44.7 Å². The van der Waals surface area contributed by atoms with E-state index in [2.05, 4.69) is 4.72 Å². The maximum Gasteiger partial charge on any atom is 0.338 e. The fraction of sp³-hybridized carbons (Fsp3) is 0.200. The van der Waals surface area contributed by atoms with Gasteiger partial charge >= 0.3 is 5.97 Å². The summed E-state index contributed by atoms with van der Waals surface area (Å²) in [6.07, 6.45) is 0. The Morgan fingerprint density at radius 2 is 1.83 bits per heavy atom. The minimum atomic E-state index is -3.58. The van der Waals surface area contributed by atoms with Crippen molar-refractivity contribution in [1.29, 1.82) is 0 Å². The molecule has 0 atom stereocenters. The Balaban J connectivity index is 1.99. The molecule has 0 saturated heterocycles. The van der Waals surface area contributed by atoms with Crippen molar-refractivity contribution in [1.82, 2.24) is 4.72 Å². The molecule has 0 aliphatic heterocycles. The second-order valence-electron chi connectivity index (χ2n) is 4.63. The van der Waals surface area contributed by atoms with Crippen LogP contribution in [0.15, 0.2) is 41.3 Å². The number of esters is 1. The van der Waals surface area contributed by atoms with Gasteiger partial charge in [0.2, 0.25) is 15.8 Å². The highest BCUT2D eigenvalue weighted by Gasteiger charge is 2.16. The number of carbonyl (C=O) groups is 2. The smallest absolute Gasteiger partial charge is 0.338 e. The van der Waals surface area contributed by atoms with Gasteiger partial charge in [0.25, 0.3) is 0 Å². The average molecular weight is 388 g/mol. The second kappa shape index (κ2) is 7.89. The van der Waals surface area contributed by atoms with Gasteiger partial charge in [0.1, 0.15) is 0 Å². The first-order chi connectivity index (χ1) is 11.3. The Kier molecular flexibility index (Phi) is 6.11. The minimum Gasteiger partial charge on any atom is -0.454 e. The van der Waals surface area contributed by atoms with Gasteiger partial charge in [-0.1, -0.05) is 18.5 Å². The van der Waals surface area contributed by atoms with Gasteiger partial charge < -0.3 is 4.74 Å². The maximum absolute atomic E-state index is 11.9. The van der Waals surface area contributed by atoms with E-state index < -0.39 is 22.6 Å². The molecule has 24 heavy (non-hydrogen) atoms. The molecule has 0 saturated carbocycles. The lowest BCUT2D eigenvalue weighted by Crippen LogP contribution is -2.23. The molecule has 128 valence electrons. The van der Waals surface area contributed by atoms with Crippen molar-refractivity contribution in [2.75, 3.05) is 13.2 Å². The van der Waals surface area contributed by atoms with E-state index in [0.717, 1.165) is 11.3 Å². The molecule has 0 aliphatic rings. The van der Waals surface area contributed by atoms with Crippen molar-refractivity contribution in [2.45, 2.75) is 11.8 Å². The number of rotatable bonds is 7. The fourth-order valence-electron chi connectivity index (χ4n) is 1.79. The molecule has 2 rings (SSSR count). The van der Waals surface area contributed by atoms with Gasteiger partial charge in [-0.2, -0.15) is 0 Å². The first-order valence-electron chi connectivity index (χ1n) is 6.89. The van der Waals surface area contributed by atoms with E-state index in [9.17, 15) is 18.0 Å². The summed E-state index contributed by atoms with van der Waals surface area (Å²) in [5, 5.41) is 0. The van der Waals surface area contributed by atoms with Crippen molar-refractivity contribution in [3.8, 4) is 0 Å². The summed E-state index contributed by atoms with van der Waals surface area (Å²) in [4.78, 5) is 24.2. The first kappa shape index (κ1) is 18.6. The first-order valence-corrected chi connectivity index (χ1v) is 9.56. The van der Waals surface area contributed by atoms with Crippen LogP contribution in [-0.2, 0) is 14.8 Å². The lowest BCUT2D eigenvalue weighted by Gasteiger charge is -2.06. The molecular formula is C15H14ClNO5S2. The molecule has 1 N–H and O–H groups in total. The number of halogens is 1. The fourth-order valence-corrected chi connectivity index (χ4v) is 3.80. The number of sulfonamides is 1. The molecule has 6 nitrogen and oxygen atoms in total. The van der Waals surface area contributed by atoms with Crippen molar-refractivity contribution in [3.05, 3.63) is 51.2 Å². The molecule has 0 aliphatic carbocycles. The molecule has 0 amide bonds. The average Bonchev–Trinajstić information content (AvgIpc) is 2.99. The van der Waals surface area contributed by atoms with Gasteiger partial charge in [-0.15, -0.1) is 11.3 Å². The van der Waals surface area contributed by atoms with Crippen LogP contribution < -0.4 is 4.72 Å². The van der Waals surface area contributed by atoms with Gasteiger partial charge in [0.05, 0.1) is 19.7 Å². The SMILES string of the molecule is CCNS(=O)(=O)c1ccc(C(=O)OCC(=O)c2ccc(Cl)s2)cc1. The third-order valence-electron chi connectivity index (χ3n) is 2.92. The summed E-state index contributed by atoms with van der Waals surface area (Å²) in [5.41, 5.74) is 0.155. The number of nitrogens with one attached hydrogen (secondary N) is 1. The highest BCUT2D eigenvalue weighted by Crippen LogP contribution is 2.22. The number of carbonyl (C=O) groups excluding carboxylic acids is 2. The molecule has 1 aromatic carbocycles. The lowest BCUT2D eigenvalue weighted by molar-refractivity contribution is 0.0475.